The fraction of sp³-hybridized carbons (Fsp3) is 0.174. The van der Waals surface area contributed by atoms with E-state index in [1.165, 1.54) is 0 Å². The molecule has 0 aliphatic carbocycles. The first kappa shape index (κ1) is 17.3. The molecule has 0 spiro atoms. The van der Waals surface area contributed by atoms with Crippen LogP contribution >= 0.6 is 0 Å². The first-order valence-corrected chi connectivity index (χ1v) is 9.02. The minimum Gasteiger partial charge on any atom is -0.491 e. The summed E-state index contributed by atoms with van der Waals surface area (Å²) in [5.74, 6) is 0.719. The van der Waals surface area contributed by atoms with Crippen molar-refractivity contribution in [3.05, 3.63) is 90.0 Å². The van der Waals surface area contributed by atoms with Gasteiger partial charge in [0.15, 0.2) is 0 Å². The molecule has 0 saturated carbocycles. The average molecular weight is 359 g/mol. The maximum Gasteiger partial charge on any atom is 0.262 e. The normalized spacial score (nSPS) is 15.2. The number of carbonyl (C=O) groups is 1. The molecule has 1 unspecified atom stereocenters. The van der Waals surface area contributed by atoms with Crippen LogP contribution in [0.15, 0.2) is 78.9 Å². The van der Waals surface area contributed by atoms with Crippen molar-refractivity contribution in [2.45, 2.75) is 13.0 Å². The number of amides is 1. The van der Waals surface area contributed by atoms with Crippen LogP contribution < -0.4 is 9.64 Å². The molecule has 1 saturated heterocycles. The van der Waals surface area contributed by atoms with E-state index in [4.69, 9.17) is 9.47 Å². The number of anilines is 2. The Morgan fingerprint density at radius 2 is 1.70 bits per heavy atom. The number of hydrogen-bond acceptors (Lipinski definition) is 3. The molecular weight excluding hydrogens is 338 g/mol. The van der Waals surface area contributed by atoms with E-state index in [1.807, 2.05) is 85.8 Å². The summed E-state index contributed by atoms with van der Waals surface area (Å²) in [7, 11) is 0. The van der Waals surface area contributed by atoms with Crippen LogP contribution in [0.5, 0.6) is 5.75 Å². The summed E-state index contributed by atoms with van der Waals surface area (Å²) in [6.45, 7) is 3.32. The maximum absolute atomic E-state index is 13.3. The van der Waals surface area contributed by atoms with Gasteiger partial charge in [0, 0.05) is 11.3 Å². The Morgan fingerprint density at radius 1 is 1.04 bits per heavy atom. The summed E-state index contributed by atoms with van der Waals surface area (Å²) in [5.41, 5.74) is 3.28. The van der Waals surface area contributed by atoms with E-state index in [-0.39, 0.29) is 12.0 Å². The van der Waals surface area contributed by atoms with Crippen LogP contribution in [0.3, 0.4) is 0 Å². The van der Waals surface area contributed by atoms with Crippen molar-refractivity contribution in [2.75, 3.05) is 18.1 Å². The second-order valence-corrected chi connectivity index (χ2v) is 6.56. The van der Waals surface area contributed by atoms with E-state index in [9.17, 15) is 4.79 Å². The third kappa shape index (κ3) is 4.01. The molecule has 1 aliphatic heterocycles. The highest BCUT2D eigenvalue weighted by molar-refractivity contribution is 6.11. The summed E-state index contributed by atoms with van der Waals surface area (Å²) < 4.78 is 11.0. The molecule has 0 N–H and O–H groups in total. The smallest absolute Gasteiger partial charge is 0.262 e. The SMILES string of the molecule is Cc1cc(OCC2CO2)ccc1N(C(=O)c1ccccc1)c1ccccc1. The van der Waals surface area contributed by atoms with Gasteiger partial charge in [-0.05, 0) is 55.0 Å². The van der Waals surface area contributed by atoms with E-state index >= 15 is 0 Å². The second-order valence-electron chi connectivity index (χ2n) is 6.56. The fourth-order valence-electron chi connectivity index (χ4n) is 2.97. The molecule has 4 nitrogen and oxygen atoms in total. The number of hydrogen-bond donors (Lipinski definition) is 0. The van der Waals surface area contributed by atoms with Gasteiger partial charge in [-0.25, -0.2) is 0 Å². The molecular formula is C23H21NO3. The van der Waals surface area contributed by atoms with Gasteiger partial charge in [-0.15, -0.1) is 0 Å². The van der Waals surface area contributed by atoms with E-state index < -0.39 is 0 Å². The first-order valence-electron chi connectivity index (χ1n) is 9.02. The van der Waals surface area contributed by atoms with Crippen molar-refractivity contribution in [1.29, 1.82) is 0 Å². The largest absolute Gasteiger partial charge is 0.491 e. The fourth-order valence-corrected chi connectivity index (χ4v) is 2.97. The molecule has 0 radical (unpaired) electrons. The summed E-state index contributed by atoms with van der Waals surface area (Å²) in [4.78, 5) is 15.0. The number of aryl methyl sites for hydroxylation is 1. The molecule has 1 aliphatic rings. The Morgan fingerprint density at radius 3 is 2.33 bits per heavy atom. The summed E-state index contributed by atoms with van der Waals surface area (Å²) in [5, 5.41) is 0. The van der Waals surface area contributed by atoms with Crippen LogP contribution in [0, 0.1) is 6.92 Å². The van der Waals surface area contributed by atoms with Crippen LogP contribution in [0.25, 0.3) is 0 Å². The van der Waals surface area contributed by atoms with Gasteiger partial charge in [-0.2, -0.15) is 0 Å². The number of nitrogens with zero attached hydrogens (tertiary/aromatic N) is 1. The van der Waals surface area contributed by atoms with Crippen molar-refractivity contribution >= 4 is 17.3 Å². The van der Waals surface area contributed by atoms with Crippen molar-refractivity contribution < 1.29 is 14.3 Å². The second kappa shape index (κ2) is 7.64. The zero-order valence-electron chi connectivity index (χ0n) is 15.2. The highest BCUT2D eigenvalue weighted by Gasteiger charge is 2.24. The monoisotopic (exact) mass is 359 g/mol. The van der Waals surface area contributed by atoms with Crippen LogP contribution in [-0.4, -0.2) is 25.2 Å². The van der Waals surface area contributed by atoms with E-state index in [1.54, 1.807) is 4.90 Å². The van der Waals surface area contributed by atoms with Crippen LogP contribution in [0.2, 0.25) is 0 Å². The lowest BCUT2D eigenvalue weighted by atomic mass is 10.1. The van der Waals surface area contributed by atoms with Crippen molar-refractivity contribution in [2.24, 2.45) is 0 Å². The third-order valence-electron chi connectivity index (χ3n) is 4.49. The van der Waals surface area contributed by atoms with Crippen molar-refractivity contribution in [1.82, 2.24) is 0 Å². The average Bonchev–Trinajstić information content (AvgIpc) is 3.54. The van der Waals surface area contributed by atoms with Gasteiger partial charge in [0.2, 0.25) is 0 Å². The van der Waals surface area contributed by atoms with Gasteiger partial charge in [0.05, 0.1) is 12.3 Å². The van der Waals surface area contributed by atoms with Crippen LogP contribution in [-0.2, 0) is 4.74 Å². The van der Waals surface area contributed by atoms with Crippen molar-refractivity contribution in [3.63, 3.8) is 0 Å². The molecule has 4 rings (SSSR count). The maximum atomic E-state index is 13.3. The molecule has 4 heteroatoms. The molecule has 1 fully saturated rings. The zero-order valence-corrected chi connectivity index (χ0v) is 15.2. The standard InChI is InChI=1S/C23H21NO3/c1-17-14-20(26-15-21-16-27-21)12-13-22(17)24(19-10-6-3-7-11-19)23(25)18-8-4-2-5-9-18/h2-14,21H,15-16H2,1H3. The topological polar surface area (TPSA) is 42.1 Å². The lowest BCUT2D eigenvalue weighted by Gasteiger charge is -2.25. The van der Waals surface area contributed by atoms with Gasteiger partial charge in [0.1, 0.15) is 18.5 Å². The van der Waals surface area contributed by atoms with Crippen LogP contribution in [0.1, 0.15) is 15.9 Å². The Kier molecular flexibility index (Phi) is 4.90. The van der Waals surface area contributed by atoms with E-state index in [0.717, 1.165) is 29.3 Å². The molecule has 3 aromatic carbocycles. The summed E-state index contributed by atoms with van der Waals surface area (Å²) in [6.07, 6.45) is 0.213. The Balaban J connectivity index is 1.69. The lowest BCUT2D eigenvalue weighted by molar-refractivity contribution is 0.0999. The summed E-state index contributed by atoms with van der Waals surface area (Å²) >= 11 is 0. The van der Waals surface area contributed by atoms with Gasteiger partial charge in [0.25, 0.3) is 5.91 Å². The van der Waals surface area contributed by atoms with Gasteiger partial charge < -0.3 is 9.47 Å². The summed E-state index contributed by atoms with van der Waals surface area (Å²) in [6, 6.07) is 24.8. The molecule has 0 aromatic heterocycles. The number of epoxide rings is 1. The number of rotatable bonds is 6. The Bertz CT molecular complexity index is 921. The van der Waals surface area contributed by atoms with Crippen molar-refractivity contribution in [3.8, 4) is 5.75 Å². The van der Waals surface area contributed by atoms with Gasteiger partial charge in [-0.3, -0.25) is 9.69 Å². The van der Waals surface area contributed by atoms with E-state index in [0.29, 0.717) is 12.2 Å². The number of ether oxygens (including phenoxy) is 2. The Hall–Kier alpha value is -3.11. The Labute approximate surface area is 159 Å². The predicted octanol–water partition coefficient (Wildman–Crippen LogP) is 4.75. The minimum absolute atomic E-state index is 0.0649. The van der Waals surface area contributed by atoms with Gasteiger partial charge >= 0.3 is 0 Å². The minimum atomic E-state index is -0.0649. The number of benzene rings is 3. The predicted molar refractivity (Wildman–Crippen MR) is 106 cm³/mol. The molecule has 0 bridgehead atoms. The number of carbonyl (C=O) groups excluding carboxylic acids is 1. The molecule has 1 heterocycles. The molecule has 1 amide bonds. The first-order chi connectivity index (χ1) is 13.2. The molecule has 136 valence electrons. The quantitative estimate of drug-likeness (QED) is 0.597. The van der Waals surface area contributed by atoms with Crippen LogP contribution in [0.4, 0.5) is 11.4 Å². The number of para-hydroxylation sites is 1. The molecule has 27 heavy (non-hydrogen) atoms. The molecule has 3 aromatic rings. The van der Waals surface area contributed by atoms with Gasteiger partial charge in [-0.1, -0.05) is 36.4 Å². The molecule has 1 atom stereocenters. The lowest BCUT2D eigenvalue weighted by Crippen LogP contribution is -2.26. The van der Waals surface area contributed by atoms with E-state index in [2.05, 4.69) is 0 Å². The third-order valence-corrected chi connectivity index (χ3v) is 4.49. The highest BCUT2D eigenvalue weighted by atomic mass is 16.6. The zero-order chi connectivity index (χ0) is 18.6. The highest BCUT2D eigenvalue weighted by Crippen LogP contribution is 2.32.